The van der Waals surface area contributed by atoms with Gasteiger partial charge in [0.05, 0.1) is 20.1 Å². The molecule has 0 heterocycles. The average Bonchev–Trinajstić information content (AvgIpc) is 2.38. The van der Waals surface area contributed by atoms with Gasteiger partial charge in [-0.2, -0.15) is 0 Å². The summed E-state index contributed by atoms with van der Waals surface area (Å²) in [6.07, 6.45) is 0. The third-order valence-corrected chi connectivity index (χ3v) is 3.78. The lowest BCUT2D eigenvalue weighted by Crippen LogP contribution is -2.02. The topological polar surface area (TPSA) is 72.5 Å². The van der Waals surface area contributed by atoms with Crippen molar-refractivity contribution < 1.29 is 14.6 Å². The van der Waals surface area contributed by atoms with Gasteiger partial charge in [-0.1, -0.05) is 46.4 Å². The van der Waals surface area contributed by atoms with Crippen LogP contribution in [0.4, 0.5) is 5.69 Å². The van der Waals surface area contributed by atoms with Crippen molar-refractivity contribution in [2.45, 2.75) is 0 Å². The van der Waals surface area contributed by atoms with Gasteiger partial charge in [0.15, 0.2) is 5.75 Å². The molecule has 2 aromatic rings. The molecule has 21 heavy (non-hydrogen) atoms. The van der Waals surface area contributed by atoms with Gasteiger partial charge in [0.2, 0.25) is 0 Å². The molecule has 0 spiro atoms. The maximum Gasteiger partial charge on any atom is 0.339 e. The van der Waals surface area contributed by atoms with Crippen molar-refractivity contribution >= 4 is 58.1 Å². The van der Waals surface area contributed by atoms with Crippen LogP contribution in [0.2, 0.25) is 20.1 Å². The molecular formula is C13H7Cl4NO3. The molecule has 0 aromatic heterocycles. The van der Waals surface area contributed by atoms with Gasteiger partial charge in [-0.25, -0.2) is 4.79 Å². The van der Waals surface area contributed by atoms with E-state index >= 15 is 0 Å². The number of ether oxygens (including phenoxy) is 1. The van der Waals surface area contributed by atoms with Crippen LogP contribution in [0.5, 0.6) is 11.5 Å². The second-order valence-corrected chi connectivity index (χ2v) is 5.61. The first kappa shape index (κ1) is 16.0. The van der Waals surface area contributed by atoms with E-state index in [1.807, 2.05) is 0 Å². The van der Waals surface area contributed by atoms with Gasteiger partial charge in [-0.05, 0) is 18.2 Å². The number of nitrogen functional groups attached to an aromatic ring is 1. The van der Waals surface area contributed by atoms with E-state index in [9.17, 15) is 9.90 Å². The minimum atomic E-state index is -1.24. The zero-order valence-electron chi connectivity index (χ0n) is 10.2. The number of halogens is 4. The predicted octanol–water partition coefficient (Wildman–Crippen LogP) is 5.37. The van der Waals surface area contributed by atoms with Crippen molar-refractivity contribution in [3.8, 4) is 11.5 Å². The van der Waals surface area contributed by atoms with E-state index in [1.165, 1.54) is 24.3 Å². The Morgan fingerprint density at radius 1 is 0.952 bits per heavy atom. The Bertz CT molecular complexity index is 734. The van der Waals surface area contributed by atoms with Crippen molar-refractivity contribution in [2.75, 3.05) is 5.73 Å². The lowest BCUT2D eigenvalue weighted by Gasteiger charge is -2.13. The van der Waals surface area contributed by atoms with Crippen molar-refractivity contribution in [2.24, 2.45) is 0 Å². The van der Waals surface area contributed by atoms with E-state index in [4.69, 9.17) is 56.9 Å². The highest BCUT2D eigenvalue weighted by Gasteiger charge is 2.19. The molecule has 0 aliphatic rings. The molecule has 0 amide bonds. The number of carbonyl (C=O) groups is 1. The van der Waals surface area contributed by atoms with Crippen LogP contribution in [0.25, 0.3) is 0 Å². The number of hydrogen-bond donors (Lipinski definition) is 2. The molecule has 2 rings (SSSR count). The summed E-state index contributed by atoms with van der Waals surface area (Å²) in [7, 11) is 0. The number of nitrogens with two attached hydrogens (primary N) is 1. The van der Waals surface area contributed by atoms with E-state index in [2.05, 4.69) is 0 Å². The number of rotatable bonds is 3. The van der Waals surface area contributed by atoms with Crippen LogP contribution < -0.4 is 10.5 Å². The number of aromatic carboxylic acids is 1. The van der Waals surface area contributed by atoms with Gasteiger partial charge in [-0.3, -0.25) is 0 Å². The quantitative estimate of drug-likeness (QED) is 0.565. The minimum Gasteiger partial charge on any atom is -0.478 e. The number of hydrogen-bond acceptors (Lipinski definition) is 3. The van der Waals surface area contributed by atoms with Crippen molar-refractivity contribution in [1.29, 1.82) is 0 Å². The van der Waals surface area contributed by atoms with E-state index in [0.717, 1.165) is 0 Å². The highest BCUT2D eigenvalue weighted by atomic mass is 35.5. The standard InChI is InChI=1S/C13H7Cl4NO3/c14-7-3-9(16)11(4-8(7)15)21-12-6(13(19)20)1-5(18)2-10(12)17/h1-4H,18H2,(H,19,20). The Hall–Kier alpha value is -1.33. The zero-order chi connectivity index (χ0) is 15.7. The Labute approximate surface area is 139 Å². The van der Waals surface area contributed by atoms with E-state index in [-0.39, 0.29) is 42.8 Å². The Balaban J connectivity index is 2.54. The van der Waals surface area contributed by atoms with Gasteiger partial charge < -0.3 is 15.6 Å². The molecule has 3 N–H and O–H groups in total. The first-order chi connectivity index (χ1) is 9.79. The van der Waals surface area contributed by atoms with Gasteiger partial charge >= 0.3 is 5.97 Å². The van der Waals surface area contributed by atoms with Crippen molar-refractivity contribution in [3.05, 3.63) is 49.9 Å². The minimum absolute atomic E-state index is 0.0366. The Kier molecular flexibility index (Phi) is 4.74. The molecule has 8 heteroatoms. The van der Waals surface area contributed by atoms with E-state index < -0.39 is 5.97 Å². The summed E-state index contributed by atoms with van der Waals surface area (Å²) >= 11 is 23.7. The summed E-state index contributed by atoms with van der Waals surface area (Å²) in [5.74, 6) is -1.20. The summed E-state index contributed by atoms with van der Waals surface area (Å²) in [6.45, 7) is 0. The van der Waals surface area contributed by atoms with Crippen LogP contribution in [0, 0.1) is 0 Å². The molecular weight excluding hydrogens is 360 g/mol. The highest BCUT2D eigenvalue weighted by Crippen LogP contribution is 2.40. The third kappa shape index (κ3) is 3.47. The number of carboxylic acid groups (broad SMARTS) is 1. The maximum absolute atomic E-state index is 11.2. The van der Waals surface area contributed by atoms with Crippen LogP contribution in [0.3, 0.4) is 0 Å². The molecule has 0 saturated heterocycles. The molecule has 0 unspecified atom stereocenters. The van der Waals surface area contributed by atoms with Crippen LogP contribution in [-0.4, -0.2) is 11.1 Å². The third-order valence-electron chi connectivity index (χ3n) is 2.48. The first-order valence-electron chi connectivity index (χ1n) is 5.44. The molecule has 0 fully saturated rings. The summed E-state index contributed by atoms with van der Waals surface area (Å²) < 4.78 is 5.48. The van der Waals surface area contributed by atoms with Gasteiger partial charge in [0.1, 0.15) is 11.3 Å². The normalized spacial score (nSPS) is 10.5. The smallest absolute Gasteiger partial charge is 0.339 e. The van der Waals surface area contributed by atoms with Gasteiger partial charge in [-0.15, -0.1) is 0 Å². The average molecular weight is 367 g/mol. The van der Waals surface area contributed by atoms with E-state index in [0.29, 0.717) is 0 Å². The van der Waals surface area contributed by atoms with Crippen LogP contribution >= 0.6 is 46.4 Å². The summed E-state index contributed by atoms with van der Waals surface area (Å²) in [6, 6.07) is 5.35. The maximum atomic E-state index is 11.2. The molecule has 2 aromatic carbocycles. The second-order valence-electron chi connectivity index (χ2n) is 3.98. The molecule has 0 atom stereocenters. The molecule has 4 nitrogen and oxygen atoms in total. The van der Waals surface area contributed by atoms with Gasteiger partial charge in [0.25, 0.3) is 0 Å². The zero-order valence-corrected chi connectivity index (χ0v) is 13.2. The second kappa shape index (κ2) is 6.20. The largest absolute Gasteiger partial charge is 0.478 e. The monoisotopic (exact) mass is 365 g/mol. The molecule has 0 radical (unpaired) electrons. The number of carboxylic acids is 1. The first-order valence-corrected chi connectivity index (χ1v) is 6.95. The SMILES string of the molecule is Nc1cc(Cl)c(Oc2cc(Cl)c(Cl)cc2Cl)c(C(=O)O)c1. The fourth-order valence-electron chi connectivity index (χ4n) is 1.57. The van der Waals surface area contributed by atoms with Crippen molar-refractivity contribution in [3.63, 3.8) is 0 Å². The molecule has 0 saturated carbocycles. The Morgan fingerprint density at radius 3 is 2.19 bits per heavy atom. The summed E-state index contributed by atoms with van der Waals surface area (Å²) in [5, 5.41) is 9.84. The lowest BCUT2D eigenvalue weighted by atomic mass is 10.2. The summed E-state index contributed by atoms with van der Waals surface area (Å²) in [5.41, 5.74) is 5.57. The van der Waals surface area contributed by atoms with Crippen LogP contribution in [0.1, 0.15) is 10.4 Å². The van der Waals surface area contributed by atoms with E-state index in [1.54, 1.807) is 0 Å². The van der Waals surface area contributed by atoms with Crippen LogP contribution in [0.15, 0.2) is 24.3 Å². The van der Waals surface area contributed by atoms with Crippen LogP contribution in [-0.2, 0) is 0 Å². The summed E-state index contributed by atoms with van der Waals surface area (Å²) in [4.78, 5) is 11.2. The molecule has 0 aliphatic heterocycles. The lowest BCUT2D eigenvalue weighted by molar-refractivity contribution is 0.0694. The molecule has 110 valence electrons. The highest BCUT2D eigenvalue weighted by molar-refractivity contribution is 6.43. The predicted molar refractivity (Wildman–Crippen MR) is 84.4 cm³/mol. The van der Waals surface area contributed by atoms with Gasteiger partial charge in [0, 0.05) is 11.8 Å². The molecule has 0 bridgehead atoms. The Morgan fingerprint density at radius 2 is 1.57 bits per heavy atom. The fourth-order valence-corrected chi connectivity index (χ4v) is 2.41. The number of anilines is 1. The number of benzene rings is 2. The van der Waals surface area contributed by atoms with Crippen molar-refractivity contribution in [1.82, 2.24) is 0 Å². The fraction of sp³-hybridized carbons (Fsp3) is 0. The molecule has 0 aliphatic carbocycles.